The zero-order valence-corrected chi connectivity index (χ0v) is 13.4. The fourth-order valence-corrected chi connectivity index (χ4v) is 4.46. The smallest absolute Gasteiger partial charge is 0.227 e. The van der Waals surface area contributed by atoms with Crippen molar-refractivity contribution in [3.05, 3.63) is 0 Å². The van der Waals surface area contributed by atoms with Crippen molar-refractivity contribution in [1.29, 1.82) is 0 Å². The zero-order chi connectivity index (χ0) is 13.9. The van der Waals surface area contributed by atoms with Crippen molar-refractivity contribution in [3.63, 3.8) is 0 Å². The maximum absolute atomic E-state index is 12.7. The Labute approximate surface area is 121 Å². The van der Waals surface area contributed by atoms with E-state index in [2.05, 4.69) is 30.7 Å². The lowest BCUT2D eigenvalue weighted by atomic mass is 9.75. The van der Waals surface area contributed by atoms with Crippen LogP contribution >= 0.6 is 11.8 Å². The van der Waals surface area contributed by atoms with Gasteiger partial charge in [0.05, 0.1) is 5.41 Å². The minimum Gasteiger partial charge on any atom is -0.354 e. The number of hydrogen-bond donors (Lipinski definition) is 2. The lowest BCUT2D eigenvalue weighted by Gasteiger charge is -2.34. The van der Waals surface area contributed by atoms with Gasteiger partial charge in [0.1, 0.15) is 0 Å². The lowest BCUT2D eigenvalue weighted by Crippen LogP contribution is -2.49. The number of carbonyl (C=O) groups excluding carboxylic acids is 1. The fourth-order valence-electron chi connectivity index (χ4n) is 3.55. The van der Waals surface area contributed by atoms with Crippen molar-refractivity contribution in [2.45, 2.75) is 50.7 Å². The molecule has 19 heavy (non-hydrogen) atoms. The molecule has 3 nitrogen and oxygen atoms in total. The molecule has 1 unspecified atom stereocenters. The van der Waals surface area contributed by atoms with Gasteiger partial charge < -0.3 is 10.6 Å². The molecule has 0 spiro atoms. The van der Waals surface area contributed by atoms with Crippen molar-refractivity contribution in [2.24, 2.45) is 11.3 Å². The molecule has 2 aliphatic rings. The van der Waals surface area contributed by atoms with E-state index >= 15 is 0 Å². The van der Waals surface area contributed by atoms with Crippen LogP contribution in [0.5, 0.6) is 0 Å². The van der Waals surface area contributed by atoms with Crippen molar-refractivity contribution in [2.75, 3.05) is 25.9 Å². The van der Waals surface area contributed by atoms with Crippen LogP contribution in [0, 0.1) is 11.3 Å². The van der Waals surface area contributed by atoms with E-state index in [0.29, 0.717) is 10.7 Å². The second-order valence-corrected chi connectivity index (χ2v) is 7.79. The van der Waals surface area contributed by atoms with Crippen LogP contribution in [0.2, 0.25) is 0 Å². The van der Waals surface area contributed by atoms with Crippen LogP contribution in [-0.2, 0) is 4.79 Å². The highest BCUT2D eigenvalue weighted by Crippen LogP contribution is 2.40. The molecule has 1 saturated heterocycles. The van der Waals surface area contributed by atoms with Crippen LogP contribution in [0.3, 0.4) is 0 Å². The average molecular weight is 284 g/mol. The summed E-state index contributed by atoms with van der Waals surface area (Å²) in [4.78, 5) is 12.7. The van der Waals surface area contributed by atoms with E-state index < -0.39 is 0 Å². The summed E-state index contributed by atoms with van der Waals surface area (Å²) in [5, 5.41) is 6.64. The third-order valence-electron chi connectivity index (χ3n) is 5.26. The molecule has 2 N–H and O–H groups in total. The van der Waals surface area contributed by atoms with E-state index in [1.165, 1.54) is 25.7 Å². The molecule has 1 atom stereocenters. The van der Waals surface area contributed by atoms with Gasteiger partial charge in [0.2, 0.25) is 5.91 Å². The van der Waals surface area contributed by atoms with Crippen molar-refractivity contribution < 1.29 is 4.79 Å². The van der Waals surface area contributed by atoms with E-state index in [9.17, 15) is 4.79 Å². The normalized spacial score (nSPS) is 29.9. The Kier molecular flexibility index (Phi) is 4.83. The summed E-state index contributed by atoms with van der Waals surface area (Å²) in [6.07, 6.45) is 8.29. The Bertz CT molecular complexity index is 318. The van der Waals surface area contributed by atoms with Crippen molar-refractivity contribution in [1.82, 2.24) is 10.6 Å². The number of hydrogen-bond acceptors (Lipinski definition) is 3. The second kappa shape index (κ2) is 6.04. The summed E-state index contributed by atoms with van der Waals surface area (Å²) < 4.78 is 0.305. The summed E-state index contributed by atoms with van der Waals surface area (Å²) in [5.74, 6) is 0.670. The molecule has 1 amide bonds. The van der Waals surface area contributed by atoms with Crippen LogP contribution < -0.4 is 10.6 Å². The van der Waals surface area contributed by atoms with Crippen LogP contribution in [0.1, 0.15) is 46.0 Å². The Morgan fingerprint density at radius 3 is 2.47 bits per heavy atom. The topological polar surface area (TPSA) is 41.1 Å². The first-order valence-electron chi connectivity index (χ1n) is 7.59. The second-order valence-electron chi connectivity index (χ2n) is 6.51. The first kappa shape index (κ1) is 15.2. The molecule has 1 saturated carbocycles. The standard InChI is InChI=1S/C15H28N2OS/c1-12(2)15(8-9-16-11-15)13(18)17-10-14(19-3)6-4-5-7-14/h12,16H,4-11H2,1-3H3,(H,17,18). The largest absolute Gasteiger partial charge is 0.354 e. The Morgan fingerprint density at radius 2 is 2.00 bits per heavy atom. The minimum absolute atomic E-state index is 0.182. The number of amides is 1. The van der Waals surface area contributed by atoms with Gasteiger partial charge in [-0.15, -0.1) is 0 Å². The third-order valence-corrected chi connectivity index (χ3v) is 6.68. The molecule has 2 rings (SSSR count). The Morgan fingerprint density at radius 1 is 1.32 bits per heavy atom. The number of nitrogens with one attached hydrogen (secondary N) is 2. The molecule has 4 heteroatoms. The highest BCUT2D eigenvalue weighted by atomic mass is 32.2. The first-order chi connectivity index (χ1) is 9.05. The SMILES string of the molecule is CSC1(CNC(=O)C2(C(C)C)CCNC2)CCCC1. The summed E-state index contributed by atoms with van der Waals surface area (Å²) in [5.41, 5.74) is -0.182. The molecule has 1 aliphatic carbocycles. The molecule has 0 bridgehead atoms. The van der Waals surface area contributed by atoms with Gasteiger partial charge in [0.25, 0.3) is 0 Å². The van der Waals surface area contributed by atoms with Crippen LogP contribution in [-0.4, -0.2) is 36.5 Å². The molecule has 2 fully saturated rings. The molecular formula is C15H28N2OS. The lowest BCUT2D eigenvalue weighted by molar-refractivity contribution is -0.132. The van der Waals surface area contributed by atoms with Gasteiger partial charge in [0.15, 0.2) is 0 Å². The maximum atomic E-state index is 12.7. The molecule has 0 aromatic rings. The van der Waals surface area contributed by atoms with Gasteiger partial charge in [-0.05, 0) is 38.0 Å². The van der Waals surface area contributed by atoms with E-state index in [0.717, 1.165) is 26.1 Å². The van der Waals surface area contributed by atoms with Gasteiger partial charge in [-0.3, -0.25) is 4.79 Å². The molecule has 110 valence electrons. The van der Waals surface area contributed by atoms with Crippen molar-refractivity contribution in [3.8, 4) is 0 Å². The average Bonchev–Trinajstić information content (AvgIpc) is 3.06. The Balaban J connectivity index is 1.96. The van der Waals surface area contributed by atoms with Crippen LogP contribution in [0.4, 0.5) is 0 Å². The van der Waals surface area contributed by atoms with Crippen LogP contribution in [0.15, 0.2) is 0 Å². The van der Waals surface area contributed by atoms with E-state index in [1.807, 2.05) is 11.8 Å². The van der Waals surface area contributed by atoms with Gasteiger partial charge in [-0.1, -0.05) is 26.7 Å². The summed E-state index contributed by atoms with van der Waals surface area (Å²) in [6, 6.07) is 0. The van der Waals surface area contributed by atoms with E-state index in [1.54, 1.807) is 0 Å². The van der Waals surface area contributed by atoms with E-state index in [4.69, 9.17) is 0 Å². The predicted octanol–water partition coefficient (Wildman–Crippen LogP) is 2.41. The first-order valence-corrected chi connectivity index (χ1v) is 8.81. The van der Waals surface area contributed by atoms with Gasteiger partial charge >= 0.3 is 0 Å². The predicted molar refractivity (Wildman–Crippen MR) is 82.5 cm³/mol. The molecule has 0 aromatic carbocycles. The van der Waals surface area contributed by atoms with E-state index in [-0.39, 0.29) is 11.3 Å². The molecular weight excluding hydrogens is 256 g/mol. The number of rotatable bonds is 5. The molecule has 0 radical (unpaired) electrons. The maximum Gasteiger partial charge on any atom is 0.227 e. The molecule has 1 heterocycles. The number of thioether (sulfide) groups is 1. The van der Waals surface area contributed by atoms with Crippen molar-refractivity contribution >= 4 is 17.7 Å². The van der Waals surface area contributed by atoms with Gasteiger partial charge in [-0.25, -0.2) is 0 Å². The summed E-state index contributed by atoms with van der Waals surface area (Å²) in [7, 11) is 0. The van der Waals surface area contributed by atoms with Gasteiger partial charge in [-0.2, -0.15) is 11.8 Å². The quantitative estimate of drug-likeness (QED) is 0.814. The fraction of sp³-hybridized carbons (Fsp3) is 0.933. The highest BCUT2D eigenvalue weighted by molar-refractivity contribution is 8.00. The minimum atomic E-state index is -0.182. The third kappa shape index (κ3) is 2.94. The molecule has 0 aromatic heterocycles. The van der Waals surface area contributed by atoms with Gasteiger partial charge in [0, 0.05) is 17.8 Å². The summed E-state index contributed by atoms with van der Waals surface area (Å²) in [6.45, 7) is 7.00. The summed E-state index contributed by atoms with van der Waals surface area (Å²) >= 11 is 1.94. The zero-order valence-electron chi connectivity index (χ0n) is 12.6. The monoisotopic (exact) mass is 284 g/mol. The van der Waals surface area contributed by atoms with Crippen LogP contribution in [0.25, 0.3) is 0 Å². The number of carbonyl (C=O) groups is 1. The Hall–Kier alpha value is -0.220. The molecule has 1 aliphatic heterocycles. The highest BCUT2D eigenvalue weighted by Gasteiger charge is 2.44.